The van der Waals surface area contributed by atoms with Crippen LogP contribution in [0.15, 0.2) is 24.3 Å². The summed E-state index contributed by atoms with van der Waals surface area (Å²) in [4.78, 5) is 12.4. The molecule has 0 aromatic heterocycles. The van der Waals surface area contributed by atoms with Gasteiger partial charge in [0.15, 0.2) is 0 Å². The van der Waals surface area contributed by atoms with Gasteiger partial charge in [-0.1, -0.05) is 46.8 Å². The Labute approximate surface area is 122 Å². The zero-order chi connectivity index (χ0) is 15.0. The van der Waals surface area contributed by atoms with E-state index in [0.717, 1.165) is 18.8 Å². The molecule has 0 heterocycles. The Kier molecular flexibility index (Phi) is 3.92. The first-order valence-electron chi connectivity index (χ1n) is 7.41. The van der Waals surface area contributed by atoms with E-state index >= 15 is 0 Å². The minimum Gasteiger partial charge on any atom is -0.326 e. The molecule has 2 rings (SSSR count). The predicted molar refractivity (Wildman–Crippen MR) is 83.5 cm³/mol. The fourth-order valence-electron chi connectivity index (χ4n) is 3.09. The maximum atomic E-state index is 12.4. The third-order valence-corrected chi connectivity index (χ3v) is 5.06. The number of hydrogen-bond donors (Lipinski definition) is 2. The average molecular weight is 274 g/mol. The molecule has 1 aliphatic carbocycles. The molecule has 0 atom stereocenters. The minimum absolute atomic E-state index is 0.0818. The van der Waals surface area contributed by atoms with Crippen LogP contribution in [0.2, 0.25) is 0 Å². The lowest BCUT2D eigenvalue weighted by Gasteiger charge is -2.09. The molecule has 0 radical (unpaired) electrons. The van der Waals surface area contributed by atoms with Gasteiger partial charge in [0, 0.05) is 18.2 Å². The highest BCUT2D eigenvalue weighted by Gasteiger charge is 2.68. The number of hydrogen-bond acceptors (Lipinski definition) is 2. The molecule has 2 N–H and O–H groups in total. The lowest BCUT2D eigenvalue weighted by Crippen LogP contribution is -2.18. The van der Waals surface area contributed by atoms with Crippen LogP contribution in [0.3, 0.4) is 0 Å². The van der Waals surface area contributed by atoms with E-state index in [0.29, 0.717) is 0 Å². The summed E-state index contributed by atoms with van der Waals surface area (Å²) in [7, 11) is 0. The number of rotatable bonds is 5. The van der Waals surface area contributed by atoms with E-state index < -0.39 is 0 Å². The summed E-state index contributed by atoms with van der Waals surface area (Å²) in [6.45, 7) is 12.5. The molecule has 110 valence electrons. The van der Waals surface area contributed by atoms with E-state index in [2.05, 4.69) is 51.3 Å². The molecule has 3 nitrogen and oxygen atoms in total. The highest BCUT2D eigenvalue weighted by atomic mass is 16.2. The quantitative estimate of drug-likeness (QED) is 0.864. The van der Waals surface area contributed by atoms with Gasteiger partial charge in [0.1, 0.15) is 0 Å². The van der Waals surface area contributed by atoms with Crippen molar-refractivity contribution in [1.29, 1.82) is 0 Å². The Balaban J connectivity index is 2.02. The third kappa shape index (κ3) is 2.59. The molecule has 0 aliphatic heterocycles. The van der Waals surface area contributed by atoms with Gasteiger partial charge in [-0.15, -0.1) is 0 Å². The van der Waals surface area contributed by atoms with Crippen molar-refractivity contribution in [1.82, 2.24) is 5.32 Å². The van der Waals surface area contributed by atoms with Crippen molar-refractivity contribution in [2.45, 2.75) is 41.2 Å². The average Bonchev–Trinajstić information content (AvgIpc) is 2.77. The Morgan fingerprint density at radius 2 is 1.85 bits per heavy atom. The molecule has 0 unspecified atom stereocenters. The molecule has 0 saturated heterocycles. The minimum atomic E-state index is 0.0818. The Morgan fingerprint density at radius 3 is 2.40 bits per heavy atom. The van der Waals surface area contributed by atoms with Gasteiger partial charge in [-0.2, -0.15) is 0 Å². The van der Waals surface area contributed by atoms with Gasteiger partial charge >= 0.3 is 0 Å². The van der Waals surface area contributed by atoms with Crippen LogP contribution in [0, 0.1) is 16.7 Å². The molecule has 1 amide bonds. The fraction of sp³-hybridized carbons (Fsp3) is 0.588. The summed E-state index contributed by atoms with van der Waals surface area (Å²) >= 11 is 0. The summed E-state index contributed by atoms with van der Waals surface area (Å²) < 4.78 is 0. The molecule has 0 bridgehead atoms. The molecule has 1 fully saturated rings. The van der Waals surface area contributed by atoms with Gasteiger partial charge in [-0.25, -0.2) is 0 Å². The van der Waals surface area contributed by atoms with Crippen molar-refractivity contribution < 1.29 is 4.79 Å². The first-order chi connectivity index (χ1) is 9.30. The molecule has 1 aromatic carbocycles. The van der Waals surface area contributed by atoms with E-state index in [-0.39, 0.29) is 22.7 Å². The monoisotopic (exact) mass is 274 g/mol. The van der Waals surface area contributed by atoms with Gasteiger partial charge in [-0.05, 0) is 35.1 Å². The molecule has 0 spiro atoms. The van der Waals surface area contributed by atoms with E-state index in [1.54, 1.807) is 0 Å². The van der Waals surface area contributed by atoms with Crippen molar-refractivity contribution in [2.75, 3.05) is 11.9 Å². The Bertz CT molecular complexity index is 491. The summed E-state index contributed by atoms with van der Waals surface area (Å²) in [5, 5.41) is 6.36. The first-order valence-corrected chi connectivity index (χ1v) is 7.41. The van der Waals surface area contributed by atoms with Crippen LogP contribution in [-0.4, -0.2) is 12.5 Å². The Morgan fingerprint density at radius 1 is 1.20 bits per heavy atom. The largest absolute Gasteiger partial charge is 0.326 e. The molecule has 1 aromatic rings. The molecule has 3 heteroatoms. The van der Waals surface area contributed by atoms with Crippen LogP contribution in [0.25, 0.3) is 0 Å². The summed E-state index contributed by atoms with van der Waals surface area (Å²) in [5.41, 5.74) is 2.25. The highest BCUT2D eigenvalue weighted by molar-refractivity contribution is 5.96. The van der Waals surface area contributed by atoms with E-state index in [4.69, 9.17) is 0 Å². The predicted octanol–water partition coefficient (Wildman–Crippen LogP) is 3.42. The van der Waals surface area contributed by atoms with Gasteiger partial charge in [0.25, 0.3) is 0 Å². The lowest BCUT2D eigenvalue weighted by molar-refractivity contribution is -0.118. The number of nitrogens with one attached hydrogen (secondary N) is 2. The molecular weight excluding hydrogens is 248 g/mol. The van der Waals surface area contributed by atoms with Gasteiger partial charge in [-0.3, -0.25) is 4.79 Å². The summed E-state index contributed by atoms with van der Waals surface area (Å²) in [6, 6.07) is 8.06. The van der Waals surface area contributed by atoms with E-state index in [1.165, 1.54) is 5.56 Å². The normalized spacial score (nSPS) is 19.6. The summed E-state index contributed by atoms with van der Waals surface area (Å²) in [5.74, 6) is 0.230. The van der Waals surface area contributed by atoms with Crippen LogP contribution in [0.4, 0.5) is 5.69 Å². The van der Waals surface area contributed by atoms with Gasteiger partial charge < -0.3 is 10.6 Å². The van der Waals surface area contributed by atoms with Crippen molar-refractivity contribution in [3.8, 4) is 0 Å². The number of carbonyl (C=O) groups excluding carboxylic acids is 1. The van der Waals surface area contributed by atoms with Crippen molar-refractivity contribution >= 4 is 11.6 Å². The molecule has 1 saturated carbocycles. The topological polar surface area (TPSA) is 41.1 Å². The third-order valence-electron chi connectivity index (χ3n) is 5.06. The van der Waals surface area contributed by atoms with E-state index in [9.17, 15) is 4.79 Å². The second-order valence-corrected chi connectivity index (χ2v) is 6.85. The van der Waals surface area contributed by atoms with E-state index in [1.807, 2.05) is 18.2 Å². The molecule has 20 heavy (non-hydrogen) atoms. The number of anilines is 1. The number of benzene rings is 1. The lowest BCUT2D eigenvalue weighted by atomic mass is 10.0. The van der Waals surface area contributed by atoms with Crippen LogP contribution in [0.1, 0.15) is 40.2 Å². The van der Waals surface area contributed by atoms with Crippen molar-refractivity contribution in [2.24, 2.45) is 16.7 Å². The second-order valence-electron chi connectivity index (χ2n) is 6.85. The SMILES string of the molecule is CCNCc1cccc(NC(=O)C2C(C)(C)C2(C)C)c1. The van der Waals surface area contributed by atoms with Crippen LogP contribution < -0.4 is 10.6 Å². The van der Waals surface area contributed by atoms with Crippen molar-refractivity contribution in [3.05, 3.63) is 29.8 Å². The fourth-order valence-corrected chi connectivity index (χ4v) is 3.09. The maximum absolute atomic E-state index is 12.4. The van der Waals surface area contributed by atoms with Crippen molar-refractivity contribution in [3.63, 3.8) is 0 Å². The standard InChI is InChI=1S/C17H26N2O/c1-6-18-11-12-8-7-9-13(10-12)19-15(20)14-16(2,3)17(14,4)5/h7-10,14,18H,6,11H2,1-5H3,(H,19,20). The zero-order valence-corrected chi connectivity index (χ0v) is 13.2. The number of carbonyl (C=O) groups is 1. The number of amides is 1. The molecular formula is C17H26N2O. The van der Waals surface area contributed by atoms with Crippen LogP contribution in [-0.2, 0) is 11.3 Å². The molecule has 1 aliphatic rings. The zero-order valence-electron chi connectivity index (χ0n) is 13.2. The van der Waals surface area contributed by atoms with Crippen LogP contribution in [0.5, 0.6) is 0 Å². The Hall–Kier alpha value is -1.35. The van der Waals surface area contributed by atoms with Gasteiger partial charge in [0.2, 0.25) is 5.91 Å². The first kappa shape index (κ1) is 15.0. The van der Waals surface area contributed by atoms with Gasteiger partial charge in [0.05, 0.1) is 0 Å². The maximum Gasteiger partial charge on any atom is 0.228 e. The summed E-state index contributed by atoms with van der Waals surface area (Å²) in [6.07, 6.45) is 0. The smallest absolute Gasteiger partial charge is 0.228 e. The second kappa shape index (κ2) is 5.21. The van der Waals surface area contributed by atoms with Crippen LogP contribution >= 0.6 is 0 Å². The highest BCUT2D eigenvalue weighted by Crippen LogP contribution is 2.68.